The molecule has 0 radical (unpaired) electrons. The average Bonchev–Trinajstić information content (AvgIpc) is 2.69. The maximum absolute atomic E-state index is 11.9. The molecule has 0 unspecified atom stereocenters. The zero-order chi connectivity index (χ0) is 12.1. The van der Waals surface area contributed by atoms with E-state index in [4.69, 9.17) is 5.73 Å². The Balaban J connectivity index is 1.85. The van der Waals surface area contributed by atoms with Crippen LogP contribution in [-0.2, 0) is 11.3 Å². The van der Waals surface area contributed by atoms with E-state index in [-0.39, 0.29) is 5.91 Å². The molecule has 2 heterocycles. The van der Waals surface area contributed by atoms with Gasteiger partial charge in [0.1, 0.15) is 5.82 Å². The first-order valence-corrected chi connectivity index (χ1v) is 6.32. The van der Waals surface area contributed by atoms with E-state index in [0.29, 0.717) is 12.2 Å². The zero-order valence-electron chi connectivity index (χ0n) is 10.1. The van der Waals surface area contributed by atoms with Crippen LogP contribution in [0, 0.1) is 0 Å². The van der Waals surface area contributed by atoms with Crippen molar-refractivity contribution in [3.8, 4) is 0 Å². The van der Waals surface area contributed by atoms with Gasteiger partial charge in [-0.25, -0.2) is 0 Å². The summed E-state index contributed by atoms with van der Waals surface area (Å²) in [7, 11) is 0. The van der Waals surface area contributed by atoms with Crippen molar-refractivity contribution in [1.82, 2.24) is 14.7 Å². The van der Waals surface area contributed by atoms with E-state index in [1.807, 2.05) is 11.1 Å². The second-order valence-electron chi connectivity index (χ2n) is 4.55. The molecule has 1 aliphatic rings. The highest BCUT2D eigenvalue weighted by molar-refractivity contribution is 5.76. The van der Waals surface area contributed by atoms with Crippen molar-refractivity contribution in [3.05, 3.63) is 12.3 Å². The summed E-state index contributed by atoms with van der Waals surface area (Å²) in [5.41, 5.74) is 5.55. The van der Waals surface area contributed by atoms with Gasteiger partial charge in [0.15, 0.2) is 0 Å². The minimum Gasteiger partial charge on any atom is -0.382 e. The molecular formula is C12H20N4O. The Morgan fingerprint density at radius 2 is 2.06 bits per heavy atom. The average molecular weight is 236 g/mol. The summed E-state index contributed by atoms with van der Waals surface area (Å²) in [5, 5.41) is 4.12. The van der Waals surface area contributed by atoms with Crippen LogP contribution in [0.3, 0.4) is 0 Å². The van der Waals surface area contributed by atoms with Crippen LogP contribution >= 0.6 is 0 Å². The first-order chi connectivity index (χ1) is 8.25. The van der Waals surface area contributed by atoms with E-state index in [0.717, 1.165) is 32.5 Å². The summed E-state index contributed by atoms with van der Waals surface area (Å²) >= 11 is 0. The topological polar surface area (TPSA) is 64.2 Å². The maximum Gasteiger partial charge on any atom is 0.222 e. The Bertz CT molecular complexity index is 374. The number of rotatable bonds is 3. The molecule has 0 atom stereocenters. The first-order valence-electron chi connectivity index (χ1n) is 6.32. The Kier molecular flexibility index (Phi) is 4.01. The van der Waals surface area contributed by atoms with Gasteiger partial charge in [-0.15, -0.1) is 0 Å². The van der Waals surface area contributed by atoms with Crippen molar-refractivity contribution in [2.24, 2.45) is 0 Å². The molecule has 1 aliphatic heterocycles. The number of hydrogen-bond acceptors (Lipinski definition) is 3. The van der Waals surface area contributed by atoms with E-state index in [9.17, 15) is 4.79 Å². The van der Waals surface area contributed by atoms with Crippen LogP contribution in [-0.4, -0.2) is 33.7 Å². The van der Waals surface area contributed by atoms with Crippen molar-refractivity contribution in [2.45, 2.75) is 38.6 Å². The highest BCUT2D eigenvalue weighted by Gasteiger charge is 2.15. The van der Waals surface area contributed by atoms with Crippen LogP contribution in [0.4, 0.5) is 5.82 Å². The Hall–Kier alpha value is -1.52. The number of nitrogens with two attached hydrogens (primary N) is 1. The van der Waals surface area contributed by atoms with Crippen LogP contribution < -0.4 is 5.73 Å². The molecule has 1 saturated heterocycles. The lowest BCUT2D eigenvalue weighted by Gasteiger charge is -2.24. The second-order valence-corrected chi connectivity index (χ2v) is 4.55. The van der Waals surface area contributed by atoms with Gasteiger partial charge in [0.25, 0.3) is 0 Å². The third-order valence-electron chi connectivity index (χ3n) is 3.18. The number of carbonyl (C=O) groups excluding carboxylic acids is 1. The number of aromatic nitrogens is 2. The minimum atomic E-state index is 0.282. The molecule has 1 aromatic heterocycles. The van der Waals surface area contributed by atoms with Crippen molar-refractivity contribution in [2.75, 3.05) is 18.8 Å². The lowest BCUT2D eigenvalue weighted by atomic mass is 10.1. The van der Waals surface area contributed by atoms with E-state index in [1.54, 1.807) is 10.7 Å². The molecule has 5 heteroatoms. The van der Waals surface area contributed by atoms with Gasteiger partial charge in [-0.05, 0) is 18.9 Å². The molecule has 5 nitrogen and oxygen atoms in total. The maximum atomic E-state index is 11.9. The third-order valence-corrected chi connectivity index (χ3v) is 3.18. The van der Waals surface area contributed by atoms with Gasteiger partial charge in [0.2, 0.25) is 5.91 Å². The quantitative estimate of drug-likeness (QED) is 0.859. The summed E-state index contributed by atoms with van der Waals surface area (Å²) in [6, 6.07) is 1.77. The van der Waals surface area contributed by atoms with E-state index >= 15 is 0 Å². The summed E-state index contributed by atoms with van der Waals surface area (Å²) in [5.74, 6) is 0.814. The van der Waals surface area contributed by atoms with E-state index in [2.05, 4.69) is 5.10 Å². The molecular weight excluding hydrogens is 216 g/mol. The van der Waals surface area contributed by atoms with Crippen molar-refractivity contribution < 1.29 is 4.79 Å². The molecule has 2 N–H and O–H groups in total. The number of carbonyl (C=O) groups is 1. The highest BCUT2D eigenvalue weighted by Crippen LogP contribution is 2.11. The molecule has 0 bridgehead atoms. The Morgan fingerprint density at radius 1 is 1.24 bits per heavy atom. The standard InChI is InChI=1S/C12H20N4O/c13-11-6-8-16(14-11)10-9-15-7-4-2-1-3-5-12(15)17/h6,8H,1-5,7,9-10H2,(H2,13,14). The fourth-order valence-electron chi connectivity index (χ4n) is 2.18. The van der Waals surface area contributed by atoms with Gasteiger partial charge in [-0.3, -0.25) is 9.48 Å². The number of likely N-dealkylation sites (tertiary alicyclic amines) is 1. The minimum absolute atomic E-state index is 0.282. The van der Waals surface area contributed by atoms with Gasteiger partial charge in [0, 0.05) is 25.7 Å². The lowest BCUT2D eigenvalue weighted by Crippen LogP contribution is -2.35. The fraction of sp³-hybridized carbons (Fsp3) is 0.667. The van der Waals surface area contributed by atoms with Crippen LogP contribution in [0.1, 0.15) is 32.1 Å². The normalized spacial score (nSPS) is 17.9. The molecule has 1 aromatic rings. The van der Waals surface area contributed by atoms with Gasteiger partial charge in [-0.2, -0.15) is 5.10 Å². The third kappa shape index (κ3) is 3.47. The fourth-order valence-corrected chi connectivity index (χ4v) is 2.18. The smallest absolute Gasteiger partial charge is 0.222 e. The van der Waals surface area contributed by atoms with E-state index < -0.39 is 0 Å². The molecule has 17 heavy (non-hydrogen) atoms. The van der Waals surface area contributed by atoms with Gasteiger partial charge < -0.3 is 10.6 Å². The Morgan fingerprint density at radius 3 is 2.82 bits per heavy atom. The molecule has 0 spiro atoms. The van der Waals surface area contributed by atoms with Gasteiger partial charge in [0.05, 0.1) is 6.54 Å². The lowest BCUT2D eigenvalue weighted by molar-refractivity contribution is -0.132. The molecule has 0 saturated carbocycles. The molecule has 94 valence electrons. The number of hydrogen-bond donors (Lipinski definition) is 1. The predicted molar refractivity (Wildman–Crippen MR) is 66.3 cm³/mol. The van der Waals surface area contributed by atoms with Crippen molar-refractivity contribution in [1.29, 1.82) is 0 Å². The number of amides is 1. The van der Waals surface area contributed by atoms with Crippen molar-refractivity contribution in [3.63, 3.8) is 0 Å². The number of anilines is 1. The Labute approximate surface area is 102 Å². The van der Waals surface area contributed by atoms with Crippen LogP contribution in [0.25, 0.3) is 0 Å². The number of nitrogen functional groups attached to an aromatic ring is 1. The number of nitrogens with zero attached hydrogens (tertiary/aromatic N) is 3. The molecule has 0 aromatic carbocycles. The SMILES string of the molecule is Nc1ccn(CCN2CCCCCCC2=O)n1. The van der Waals surface area contributed by atoms with Gasteiger partial charge >= 0.3 is 0 Å². The van der Waals surface area contributed by atoms with Crippen LogP contribution in [0.15, 0.2) is 12.3 Å². The summed E-state index contributed by atoms with van der Waals surface area (Å²) in [6.07, 6.45) is 7.12. The summed E-state index contributed by atoms with van der Waals surface area (Å²) in [6.45, 7) is 2.35. The van der Waals surface area contributed by atoms with Crippen molar-refractivity contribution >= 4 is 11.7 Å². The van der Waals surface area contributed by atoms with E-state index in [1.165, 1.54) is 12.8 Å². The monoisotopic (exact) mass is 236 g/mol. The molecule has 1 amide bonds. The zero-order valence-corrected chi connectivity index (χ0v) is 10.1. The largest absolute Gasteiger partial charge is 0.382 e. The van der Waals surface area contributed by atoms with Gasteiger partial charge in [-0.1, -0.05) is 12.8 Å². The molecule has 0 aliphatic carbocycles. The second kappa shape index (κ2) is 5.70. The summed E-state index contributed by atoms with van der Waals surface area (Å²) in [4.78, 5) is 13.8. The van der Waals surface area contributed by atoms with Crippen LogP contribution in [0.2, 0.25) is 0 Å². The van der Waals surface area contributed by atoms with Crippen LogP contribution in [0.5, 0.6) is 0 Å². The first kappa shape index (κ1) is 12.0. The molecule has 1 fully saturated rings. The summed E-state index contributed by atoms with van der Waals surface area (Å²) < 4.78 is 1.79. The molecule has 2 rings (SSSR count). The predicted octanol–water partition coefficient (Wildman–Crippen LogP) is 1.26. The highest BCUT2D eigenvalue weighted by atomic mass is 16.2.